The fourth-order valence-electron chi connectivity index (χ4n) is 2.83. The molecule has 0 saturated carbocycles. The molecule has 0 aromatic carbocycles. The van der Waals surface area contributed by atoms with E-state index in [0.717, 1.165) is 36.9 Å². The van der Waals surface area contributed by atoms with Crippen LogP contribution in [0.15, 0.2) is 18.3 Å². The first-order valence-electron chi connectivity index (χ1n) is 6.87. The Balaban J connectivity index is 2.06. The summed E-state index contributed by atoms with van der Waals surface area (Å²) in [6, 6.07) is 4.16. The number of piperidine rings is 1. The fourth-order valence-corrected chi connectivity index (χ4v) is 3.32. The van der Waals surface area contributed by atoms with E-state index in [9.17, 15) is 0 Å². The van der Waals surface area contributed by atoms with Crippen LogP contribution in [-0.2, 0) is 0 Å². The van der Waals surface area contributed by atoms with Gasteiger partial charge in [0.25, 0.3) is 0 Å². The molecule has 1 aromatic rings. The Morgan fingerprint density at radius 2 is 2.35 bits per heavy atom. The summed E-state index contributed by atoms with van der Waals surface area (Å²) in [5, 5.41) is 6.28. The van der Waals surface area contributed by atoms with Gasteiger partial charge in [-0.25, -0.2) is 4.98 Å². The topological polar surface area (TPSA) is 28.2 Å². The summed E-state index contributed by atoms with van der Waals surface area (Å²) in [6.07, 6.45) is 3.18. The van der Waals surface area contributed by atoms with Gasteiger partial charge in [0.05, 0.1) is 0 Å². The SMILES string of the molecule is CNCC1CC(C)CN(c2ccc(C#CSI)cn2)C1. The molecule has 2 heterocycles. The highest BCUT2D eigenvalue weighted by molar-refractivity contribution is 14.2. The van der Waals surface area contributed by atoms with Crippen LogP contribution in [0.2, 0.25) is 0 Å². The minimum absolute atomic E-state index is 0.709. The van der Waals surface area contributed by atoms with Crippen LogP contribution >= 0.6 is 30.1 Å². The van der Waals surface area contributed by atoms with Gasteiger partial charge in [0.15, 0.2) is 0 Å². The first-order chi connectivity index (χ1) is 9.72. The molecule has 1 saturated heterocycles. The van der Waals surface area contributed by atoms with Gasteiger partial charge >= 0.3 is 0 Å². The highest BCUT2D eigenvalue weighted by Crippen LogP contribution is 2.25. The smallest absolute Gasteiger partial charge is 0.128 e. The van der Waals surface area contributed by atoms with Gasteiger partial charge in [-0.3, -0.25) is 0 Å². The minimum atomic E-state index is 0.709. The van der Waals surface area contributed by atoms with Crippen molar-refractivity contribution in [1.29, 1.82) is 0 Å². The number of hydrogen-bond acceptors (Lipinski definition) is 4. The second-order valence-corrected chi connectivity index (χ2v) is 7.06. The van der Waals surface area contributed by atoms with Crippen LogP contribution in [0.1, 0.15) is 18.9 Å². The monoisotopic (exact) mass is 401 g/mol. The van der Waals surface area contributed by atoms with Gasteiger partial charge in [-0.1, -0.05) is 12.8 Å². The quantitative estimate of drug-likeness (QED) is 0.622. The molecule has 1 N–H and O–H groups in total. The first-order valence-corrected chi connectivity index (χ1v) is 10.2. The molecule has 108 valence electrons. The molecule has 0 aliphatic carbocycles. The van der Waals surface area contributed by atoms with E-state index in [2.05, 4.69) is 66.6 Å². The first kappa shape index (κ1) is 15.9. The summed E-state index contributed by atoms with van der Waals surface area (Å²) in [7, 11) is 3.53. The van der Waals surface area contributed by atoms with Crippen LogP contribution in [0.5, 0.6) is 0 Å². The van der Waals surface area contributed by atoms with E-state index in [4.69, 9.17) is 0 Å². The fraction of sp³-hybridized carbons (Fsp3) is 0.533. The van der Waals surface area contributed by atoms with Crippen LogP contribution < -0.4 is 10.2 Å². The molecule has 0 amide bonds. The van der Waals surface area contributed by atoms with E-state index in [1.54, 1.807) is 0 Å². The van der Waals surface area contributed by atoms with Gasteiger partial charge < -0.3 is 10.2 Å². The maximum atomic E-state index is 4.58. The third kappa shape index (κ3) is 4.54. The summed E-state index contributed by atoms with van der Waals surface area (Å²) in [5.74, 6) is 5.58. The van der Waals surface area contributed by atoms with E-state index in [1.165, 1.54) is 15.4 Å². The molecular formula is C15H20IN3S. The molecule has 20 heavy (non-hydrogen) atoms. The summed E-state index contributed by atoms with van der Waals surface area (Å²) in [6.45, 7) is 5.60. The number of aromatic nitrogens is 1. The van der Waals surface area contributed by atoms with E-state index >= 15 is 0 Å². The maximum absolute atomic E-state index is 4.58. The lowest BCUT2D eigenvalue weighted by molar-refractivity contribution is 0.328. The Bertz CT molecular complexity index is 480. The Labute approximate surface area is 137 Å². The molecule has 1 aliphatic rings. The Hall–Kier alpha value is -0.450. The van der Waals surface area contributed by atoms with Crippen molar-refractivity contribution in [2.75, 3.05) is 31.6 Å². The second-order valence-electron chi connectivity index (χ2n) is 5.38. The summed E-state index contributed by atoms with van der Waals surface area (Å²) in [5.41, 5.74) is 0.981. The largest absolute Gasteiger partial charge is 0.356 e. The minimum Gasteiger partial charge on any atom is -0.356 e. The zero-order valence-electron chi connectivity index (χ0n) is 11.9. The van der Waals surface area contributed by atoms with Crippen LogP contribution in [0.3, 0.4) is 0 Å². The van der Waals surface area contributed by atoms with Gasteiger partial charge in [0, 0.05) is 46.1 Å². The van der Waals surface area contributed by atoms with E-state index < -0.39 is 0 Å². The number of rotatable bonds is 3. The third-order valence-electron chi connectivity index (χ3n) is 3.54. The molecule has 1 aliphatic heterocycles. The van der Waals surface area contributed by atoms with Crippen molar-refractivity contribution in [3.05, 3.63) is 23.9 Å². The third-order valence-corrected chi connectivity index (χ3v) is 4.38. The maximum Gasteiger partial charge on any atom is 0.128 e. The molecule has 2 rings (SSSR count). The normalized spacial score (nSPS) is 22.2. The van der Waals surface area contributed by atoms with Crippen LogP contribution in [-0.4, -0.2) is 31.7 Å². The van der Waals surface area contributed by atoms with Crippen molar-refractivity contribution in [1.82, 2.24) is 10.3 Å². The highest BCUT2D eigenvalue weighted by Gasteiger charge is 2.24. The van der Waals surface area contributed by atoms with Crippen LogP contribution in [0.4, 0.5) is 5.82 Å². The molecule has 0 radical (unpaired) electrons. The molecule has 1 aromatic heterocycles. The van der Waals surface area contributed by atoms with Crippen molar-refractivity contribution in [2.45, 2.75) is 13.3 Å². The number of nitrogens with zero attached hydrogens (tertiary/aromatic N) is 2. The standard InChI is InChI=1S/C15H20IN3S/c1-12-7-14(8-17-2)11-19(10-12)15-4-3-13(9-18-15)5-6-20-16/h3-4,9,12,14,17H,7-8,10-11H2,1-2H3. The molecule has 5 heteroatoms. The molecule has 2 unspecified atom stereocenters. The highest BCUT2D eigenvalue weighted by atomic mass is 127. The van der Waals surface area contributed by atoms with Crippen molar-refractivity contribution < 1.29 is 0 Å². The number of anilines is 1. The van der Waals surface area contributed by atoms with Gasteiger partial charge in [-0.05, 0) is 58.2 Å². The van der Waals surface area contributed by atoms with Crippen LogP contribution in [0.25, 0.3) is 0 Å². The van der Waals surface area contributed by atoms with Crippen molar-refractivity contribution in [3.63, 3.8) is 0 Å². The average Bonchev–Trinajstić information content (AvgIpc) is 2.45. The summed E-state index contributed by atoms with van der Waals surface area (Å²) < 4.78 is 0. The lowest BCUT2D eigenvalue weighted by Gasteiger charge is -2.37. The number of hydrogen-bond donors (Lipinski definition) is 1. The average molecular weight is 401 g/mol. The molecule has 0 bridgehead atoms. The molecule has 3 nitrogen and oxygen atoms in total. The van der Waals surface area contributed by atoms with Crippen molar-refractivity contribution >= 4 is 36.0 Å². The lowest BCUT2D eigenvalue weighted by Crippen LogP contribution is -2.43. The predicted molar refractivity (Wildman–Crippen MR) is 96.1 cm³/mol. The van der Waals surface area contributed by atoms with E-state index in [1.807, 2.05) is 13.2 Å². The molecule has 0 spiro atoms. The van der Waals surface area contributed by atoms with Crippen molar-refractivity contribution in [3.8, 4) is 11.2 Å². The summed E-state index contributed by atoms with van der Waals surface area (Å²) >= 11 is 2.18. The number of halogens is 1. The second kappa shape index (κ2) is 8.11. The van der Waals surface area contributed by atoms with Gasteiger partial charge in [0.1, 0.15) is 5.82 Å². The van der Waals surface area contributed by atoms with E-state index in [-0.39, 0.29) is 0 Å². The number of nitrogens with one attached hydrogen (secondary N) is 1. The van der Waals surface area contributed by atoms with Crippen LogP contribution in [0, 0.1) is 23.0 Å². The summed E-state index contributed by atoms with van der Waals surface area (Å²) in [4.78, 5) is 6.98. The molecule has 1 fully saturated rings. The van der Waals surface area contributed by atoms with Crippen molar-refractivity contribution in [2.24, 2.45) is 11.8 Å². The van der Waals surface area contributed by atoms with Gasteiger partial charge in [0.2, 0.25) is 0 Å². The molecule has 2 atom stereocenters. The Kier molecular flexibility index (Phi) is 6.46. The predicted octanol–water partition coefficient (Wildman–Crippen LogP) is 3.16. The van der Waals surface area contributed by atoms with Gasteiger partial charge in [-0.2, -0.15) is 0 Å². The Morgan fingerprint density at radius 3 is 3.00 bits per heavy atom. The zero-order chi connectivity index (χ0) is 14.4. The lowest BCUT2D eigenvalue weighted by atomic mass is 9.90. The molecular weight excluding hydrogens is 381 g/mol. The number of pyridine rings is 1. The Morgan fingerprint density at radius 1 is 1.50 bits per heavy atom. The zero-order valence-corrected chi connectivity index (χ0v) is 14.9. The van der Waals surface area contributed by atoms with E-state index in [0.29, 0.717) is 5.92 Å². The van der Waals surface area contributed by atoms with Gasteiger partial charge in [-0.15, -0.1) is 0 Å².